The average Bonchev–Trinajstić information content (AvgIpc) is 3.56. The van der Waals surface area contributed by atoms with Crippen LogP contribution in [0, 0.1) is 6.92 Å². The molecule has 1 aromatic carbocycles. The highest BCUT2D eigenvalue weighted by Gasteiger charge is 2.25. The largest absolute Gasteiger partial charge is 0.468 e. The Morgan fingerprint density at radius 1 is 1.17 bits per heavy atom. The zero-order valence-corrected chi connectivity index (χ0v) is 20.7. The molecule has 35 heavy (non-hydrogen) atoms. The molecule has 0 radical (unpaired) electrons. The number of carbonyl (C=O) groups excluding carboxylic acids is 1. The van der Waals surface area contributed by atoms with Gasteiger partial charge in [-0.15, -0.1) is 11.3 Å². The van der Waals surface area contributed by atoms with E-state index in [1.807, 2.05) is 48.7 Å². The van der Waals surface area contributed by atoms with Crippen LogP contribution in [-0.2, 0) is 11.3 Å². The summed E-state index contributed by atoms with van der Waals surface area (Å²) in [5, 5.41) is 5.66. The SMILES string of the molecule is Cc1ccc(-c2csc3ncn(CCC(=O)NC[C@@H](c4ccco4)N4CCCCC4)c(=O)c23)cc1. The van der Waals surface area contributed by atoms with Crippen LogP contribution < -0.4 is 10.9 Å². The quantitative estimate of drug-likeness (QED) is 0.385. The lowest BCUT2D eigenvalue weighted by atomic mass is 10.1. The van der Waals surface area contributed by atoms with Gasteiger partial charge >= 0.3 is 0 Å². The second kappa shape index (κ2) is 10.6. The van der Waals surface area contributed by atoms with E-state index in [-0.39, 0.29) is 30.5 Å². The number of carbonyl (C=O) groups is 1. The maximum Gasteiger partial charge on any atom is 0.262 e. The van der Waals surface area contributed by atoms with E-state index in [0.29, 0.717) is 16.8 Å². The van der Waals surface area contributed by atoms with Gasteiger partial charge in [-0.05, 0) is 50.6 Å². The van der Waals surface area contributed by atoms with Gasteiger partial charge in [-0.2, -0.15) is 0 Å². The summed E-state index contributed by atoms with van der Waals surface area (Å²) in [5.74, 6) is 0.786. The number of amides is 1. The van der Waals surface area contributed by atoms with Crippen molar-refractivity contribution in [2.75, 3.05) is 19.6 Å². The molecule has 1 aliphatic heterocycles. The normalized spacial score (nSPS) is 15.3. The molecule has 5 rings (SSSR count). The molecule has 7 nitrogen and oxygen atoms in total. The van der Waals surface area contributed by atoms with Crippen LogP contribution in [0.5, 0.6) is 0 Å². The first-order chi connectivity index (χ1) is 17.1. The molecule has 1 N–H and O–H groups in total. The van der Waals surface area contributed by atoms with Crippen molar-refractivity contribution >= 4 is 27.5 Å². The third-order valence-corrected chi connectivity index (χ3v) is 7.59. The minimum Gasteiger partial charge on any atom is -0.468 e. The van der Waals surface area contributed by atoms with Gasteiger partial charge in [-0.25, -0.2) is 4.98 Å². The Hall–Kier alpha value is -3.23. The average molecular weight is 491 g/mol. The summed E-state index contributed by atoms with van der Waals surface area (Å²) >= 11 is 1.47. The van der Waals surface area contributed by atoms with Gasteiger partial charge in [-0.1, -0.05) is 36.2 Å². The number of fused-ring (bicyclic) bond motifs is 1. The molecule has 3 aromatic heterocycles. The molecule has 0 aliphatic carbocycles. The number of nitrogens with zero attached hydrogens (tertiary/aromatic N) is 3. The molecule has 4 heterocycles. The van der Waals surface area contributed by atoms with Crippen molar-refractivity contribution in [1.29, 1.82) is 0 Å². The van der Waals surface area contributed by atoms with Crippen LogP contribution in [0.15, 0.2) is 63.6 Å². The zero-order chi connectivity index (χ0) is 24.2. The van der Waals surface area contributed by atoms with Crippen LogP contribution in [0.1, 0.15) is 43.0 Å². The van der Waals surface area contributed by atoms with Gasteiger partial charge in [0.15, 0.2) is 0 Å². The molecule has 0 saturated carbocycles. The van der Waals surface area contributed by atoms with Crippen molar-refractivity contribution < 1.29 is 9.21 Å². The second-order valence-electron chi connectivity index (χ2n) is 9.12. The Bertz CT molecular complexity index is 1340. The van der Waals surface area contributed by atoms with Crippen LogP contribution in [0.2, 0.25) is 0 Å². The topological polar surface area (TPSA) is 80.4 Å². The zero-order valence-electron chi connectivity index (χ0n) is 19.9. The van der Waals surface area contributed by atoms with Gasteiger partial charge in [0, 0.05) is 30.5 Å². The monoisotopic (exact) mass is 490 g/mol. The second-order valence-corrected chi connectivity index (χ2v) is 9.98. The number of hydrogen-bond donors (Lipinski definition) is 1. The van der Waals surface area contributed by atoms with Gasteiger partial charge in [0.2, 0.25) is 5.91 Å². The lowest BCUT2D eigenvalue weighted by molar-refractivity contribution is -0.121. The Kier molecular flexibility index (Phi) is 7.11. The van der Waals surface area contributed by atoms with Crippen LogP contribution in [0.4, 0.5) is 0 Å². The highest BCUT2D eigenvalue weighted by Crippen LogP contribution is 2.30. The van der Waals surface area contributed by atoms with E-state index in [4.69, 9.17) is 4.42 Å². The number of thiophene rings is 1. The van der Waals surface area contributed by atoms with Crippen molar-refractivity contribution in [2.45, 2.75) is 45.2 Å². The Labute approximate surface area is 208 Å². The van der Waals surface area contributed by atoms with Gasteiger partial charge in [0.25, 0.3) is 5.56 Å². The molecule has 1 atom stereocenters. The number of benzene rings is 1. The number of likely N-dealkylation sites (tertiary alicyclic amines) is 1. The molecular formula is C27H30N4O3S. The lowest BCUT2D eigenvalue weighted by Gasteiger charge is -2.33. The van der Waals surface area contributed by atoms with Crippen LogP contribution in [0.3, 0.4) is 0 Å². The summed E-state index contributed by atoms with van der Waals surface area (Å²) in [4.78, 5) is 33.6. The van der Waals surface area contributed by atoms with E-state index in [9.17, 15) is 9.59 Å². The number of furan rings is 1. The number of nitrogens with one attached hydrogen (secondary N) is 1. The maximum absolute atomic E-state index is 13.3. The van der Waals surface area contributed by atoms with E-state index < -0.39 is 0 Å². The van der Waals surface area contributed by atoms with E-state index in [1.165, 1.54) is 23.3 Å². The van der Waals surface area contributed by atoms with E-state index in [1.54, 1.807) is 17.2 Å². The van der Waals surface area contributed by atoms with Crippen molar-refractivity contribution in [3.8, 4) is 11.1 Å². The minimum atomic E-state index is -0.110. The fourth-order valence-electron chi connectivity index (χ4n) is 4.71. The summed E-state index contributed by atoms with van der Waals surface area (Å²) in [7, 11) is 0. The number of piperidine rings is 1. The van der Waals surface area contributed by atoms with Crippen molar-refractivity contribution in [3.05, 3.63) is 76.0 Å². The van der Waals surface area contributed by atoms with E-state index in [0.717, 1.165) is 42.8 Å². The smallest absolute Gasteiger partial charge is 0.262 e. The molecule has 1 saturated heterocycles. The fraction of sp³-hybridized carbons (Fsp3) is 0.370. The Morgan fingerprint density at radius 2 is 1.97 bits per heavy atom. The molecule has 182 valence electrons. The molecule has 0 unspecified atom stereocenters. The summed E-state index contributed by atoms with van der Waals surface area (Å²) in [6.07, 6.45) is 7.01. The first kappa shape index (κ1) is 23.5. The van der Waals surface area contributed by atoms with Crippen molar-refractivity contribution in [2.24, 2.45) is 0 Å². The van der Waals surface area contributed by atoms with Gasteiger partial charge in [0.05, 0.1) is 24.0 Å². The molecule has 0 bridgehead atoms. The maximum atomic E-state index is 13.3. The lowest BCUT2D eigenvalue weighted by Crippen LogP contribution is -2.40. The highest BCUT2D eigenvalue weighted by atomic mass is 32.1. The predicted octanol–water partition coefficient (Wildman–Crippen LogP) is 4.76. The van der Waals surface area contributed by atoms with Crippen LogP contribution in [-0.4, -0.2) is 40.0 Å². The van der Waals surface area contributed by atoms with E-state index >= 15 is 0 Å². The van der Waals surface area contributed by atoms with E-state index in [2.05, 4.69) is 15.2 Å². The van der Waals surface area contributed by atoms with Gasteiger partial charge in [-0.3, -0.25) is 19.1 Å². The summed E-state index contributed by atoms with van der Waals surface area (Å²) in [6.45, 7) is 4.82. The third kappa shape index (κ3) is 5.23. The highest BCUT2D eigenvalue weighted by molar-refractivity contribution is 7.17. The molecular weight excluding hydrogens is 460 g/mol. The molecule has 1 aliphatic rings. The molecule has 1 amide bonds. The van der Waals surface area contributed by atoms with Crippen LogP contribution >= 0.6 is 11.3 Å². The number of rotatable bonds is 8. The number of hydrogen-bond acceptors (Lipinski definition) is 6. The third-order valence-electron chi connectivity index (χ3n) is 6.70. The van der Waals surface area contributed by atoms with Crippen molar-refractivity contribution in [1.82, 2.24) is 19.8 Å². The fourth-order valence-corrected chi connectivity index (χ4v) is 5.62. The summed E-state index contributed by atoms with van der Waals surface area (Å²) in [6, 6.07) is 12.0. The Morgan fingerprint density at radius 3 is 2.71 bits per heavy atom. The summed E-state index contributed by atoms with van der Waals surface area (Å²) < 4.78 is 7.21. The summed E-state index contributed by atoms with van der Waals surface area (Å²) in [5.41, 5.74) is 2.95. The van der Waals surface area contributed by atoms with Crippen LogP contribution in [0.25, 0.3) is 21.3 Å². The standard InChI is InChI=1S/C27H30N4O3S/c1-19-7-9-20(10-8-19)21-17-35-26-25(21)27(33)31(18-29-26)14-11-24(32)28-16-22(23-6-5-15-34-23)30-12-3-2-4-13-30/h5-10,15,17-18,22H,2-4,11-14,16H2,1H3,(H,28,32)/t22-/m0/s1. The minimum absolute atomic E-state index is 0.0258. The van der Waals surface area contributed by atoms with Gasteiger partial charge < -0.3 is 9.73 Å². The Balaban J connectivity index is 1.26. The predicted molar refractivity (Wildman–Crippen MR) is 139 cm³/mol. The van der Waals surface area contributed by atoms with Gasteiger partial charge in [0.1, 0.15) is 10.6 Å². The molecule has 1 fully saturated rings. The number of aryl methyl sites for hydroxylation is 2. The molecule has 8 heteroatoms. The molecule has 4 aromatic rings. The first-order valence-corrected chi connectivity index (χ1v) is 13.1. The molecule has 0 spiro atoms. The first-order valence-electron chi connectivity index (χ1n) is 12.2. The number of aromatic nitrogens is 2. The van der Waals surface area contributed by atoms with Crippen molar-refractivity contribution in [3.63, 3.8) is 0 Å².